The van der Waals surface area contributed by atoms with Crippen LogP contribution in [0.15, 0.2) is 0 Å². The van der Waals surface area contributed by atoms with Crippen LogP contribution in [0.5, 0.6) is 0 Å². The second-order valence-electron chi connectivity index (χ2n) is 6.03. The number of hydrogen-bond donors (Lipinski definition) is 1. The molecule has 0 aromatic heterocycles. The summed E-state index contributed by atoms with van der Waals surface area (Å²) < 4.78 is 0. The molecule has 3 nitrogen and oxygen atoms in total. The summed E-state index contributed by atoms with van der Waals surface area (Å²) in [5, 5.41) is 3.09. The molecule has 0 aliphatic carbocycles. The van der Waals surface area contributed by atoms with Crippen LogP contribution in [0.25, 0.3) is 0 Å². The van der Waals surface area contributed by atoms with Crippen molar-refractivity contribution in [2.75, 3.05) is 19.6 Å². The highest BCUT2D eigenvalue weighted by atomic mass is 16.1. The first-order valence-corrected chi connectivity index (χ1v) is 6.42. The highest BCUT2D eigenvalue weighted by molar-refractivity contribution is 5.75. The van der Waals surface area contributed by atoms with Crippen molar-refractivity contribution in [2.45, 2.75) is 53.0 Å². The minimum atomic E-state index is 0.189. The Morgan fingerprint density at radius 1 is 1.31 bits per heavy atom. The minimum absolute atomic E-state index is 0.189. The molecule has 1 aliphatic heterocycles. The summed E-state index contributed by atoms with van der Waals surface area (Å²) in [6.07, 6.45) is 2.80. The summed E-state index contributed by atoms with van der Waals surface area (Å²) in [5.41, 5.74) is 0.375. The lowest BCUT2D eigenvalue weighted by Gasteiger charge is -2.36. The van der Waals surface area contributed by atoms with Gasteiger partial charge >= 0.3 is 0 Å². The normalized spacial score (nSPS) is 19.8. The third-order valence-corrected chi connectivity index (χ3v) is 2.97. The quantitative estimate of drug-likeness (QED) is 0.798. The zero-order chi connectivity index (χ0) is 12.2. The predicted molar refractivity (Wildman–Crippen MR) is 67.4 cm³/mol. The van der Waals surface area contributed by atoms with E-state index in [1.807, 2.05) is 6.92 Å². The largest absolute Gasteiger partial charge is 0.353 e. The average Bonchev–Trinajstić information content (AvgIpc) is 2.18. The monoisotopic (exact) mass is 226 g/mol. The average molecular weight is 226 g/mol. The van der Waals surface area contributed by atoms with Gasteiger partial charge in [-0.15, -0.1) is 0 Å². The molecular weight excluding hydrogens is 200 g/mol. The Morgan fingerprint density at radius 3 is 2.31 bits per heavy atom. The molecule has 0 aromatic carbocycles. The van der Waals surface area contributed by atoms with E-state index in [4.69, 9.17) is 0 Å². The molecular formula is C13H26N2O. The number of nitrogens with zero attached hydrogens (tertiary/aromatic N) is 1. The first kappa shape index (κ1) is 13.5. The van der Waals surface area contributed by atoms with Crippen LogP contribution in [-0.4, -0.2) is 36.5 Å². The second-order valence-corrected chi connectivity index (χ2v) is 6.03. The third-order valence-electron chi connectivity index (χ3n) is 2.97. The molecule has 1 fully saturated rings. The van der Waals surface area contributed by atoms with Gasteiger partial charge in [0.05, 0.1) is 0 Å². The van der Waals surface area contributed by atoms with Crippen LogP contribution in [0.3, 0.4) is 0 Å². The highest BCUT2D eigenvalue weighted by Gasteiger charge is 2.23. The van der Waals surface area contributed by atoms with E-state index in [1.165, 1.54) is 0 Å². The van der Waals surface area contributed by atoms with Crippen molar-refractivity contribution in [3.05, 3.63) is 0 Å². The topological polar surface area (TPSA) is 32.3 Å². The van der Waals surface area contributed by atoms with Gasteiger partial charge in [0.25, 0.3) is 0 Å². The summed E-state index contributed by atoms with van der Waals surface area (Å²) in [5.74, 6) is 0.189. The van der Waals surface area contributed by atoms with E-state index in [0.717, 1.165) is 32.5 Å². The van der Waals surface area contributed by atoms with Crippen molar-refractivity contribution in [3.63, 3.8) is 0 Å². The van der Waals surface area contributed by atoms with Crippen molar-refractivity contribution in [1.82, 2.24) is 10.2 Å². The highest BCUT2D eigenvalue weighted by Crippen LogP contribution is 2.19. The van der Waals surface area contributed by atoms with Gasteiger partial charge in [-0.2, -0.15) is 0 Å². The molecule has 1 aliphatic rings. The molecule has 1 rings (SSSR count). The lowest BCUT2D eigenvalue weighted by atomic mass is 9.94. The van der Waals surface area contributed by atoms with Gasteiger partial charge in [0.1, 0.15) is 0 Å². The van der Waals surface area contributed by atoms with Gasteiger partial charge in [-0.05, 0) is 18.3 Å². The molecule has 0 saturated carbocycles. The van der Waals surface area contributed by atoms with Crippen LogP contribution in [-0.2, 0) is 4.79 Å². The second kappa shape index (κ2) is 5.67. The fourth-order valence-corrected chi connectivity index (χ4v) is 2.24. The summed E-state index contributed by atoms with van der Waals surface area (Å²) in [7, 11) is 0. The van der Waals surface area contributed by atoms with Crippen LogP contribution in [0.1, 0.15) is 47.0 Å². The van der Waals surface area contributed by atoms with Crippen molar-refractivity contribution in [2.24, 2.45) is 5.41 Å². The summed E-state index contributed by atoms with van der Waals surface area (Å²) in [6, 6.07) is 0.406. The van der Waals surface area contributed by atoms with E-state index in [0.29, 0.717) is 17.9 Å². The molecule has 0 unspecified atom stereocenters. The van der Waals surface area contributed by atoms with Crippen LogP contribution in [0, 0.1) is 5.41 Å². The zero-order valence-corrected chi connectivity index (χ0v) is 11.2. The van der Waals surface area contributed by atoms with Crippen LogP contribution in [0.2, 0.25) is 0 Å². The first-order valence-electron chi connectivity index (χ1n) is 6.42. The van der Waals surface area contributed by atoms with Crippen molar-refractivity contribution in [3.8, 4) is 0 Å². The molecule has 0 spiro atoms. The standard InChI is InChI=1S/C13H26N2O/c1-5-12(16)14-11-6-8-15(9-7-11)10-13(2,3)4/h11H,5-10H2,1-4H3,(H,14,16). The Hall–Kier alpha value is -0.570. The predicted octanol–water partition coefficient (Wildman–Crippen LogP) is 2.02. The van der Waals surface area contributed by atoms with Crippen LogP contribution >= 0.6 is 0 Å². The van der Waals surface area contributed by atoms with Crippen LogP contribution in [0.4, 0.5) is 0 Å². The Kier molecular flexibility index (Phi) is 4.78. The maximum atomic E-state index is 11.3. The maximum Gasteiger partial charge on any atom is 0.219 e. The molecule has 94 valence electrons. The Balaban J connectivity index is 2.26. The first-order chi connectivity index (χ1) is 7.40. The number of rotatable bonds is 3. The lowest BCUT2D eigenvalue weighted by Crippen LogP contribution is -2.46. The van der Waals surface area contributed by atoms with E-state index in [1.54, 1.807) is 0 Å². The number of hydrogen-bond acceptors (Lipinski definition) is 2. The van der Waals surface area contributed by atoms with E-state index >= 15 is 0 Å². The molecule has 1 heterocycles. The van der Waals surface area contributed by atoms with Crippen molar-refractivity contribution >= 4 is 5.91 Å². The molecule has 1 amide bonds. The fraction of sp³-hybridized carbons (Fsp3) is 0.923. The van der Waals surface area contributed by atoms with Gasteiger partial charge in [-0.3, -0.25) is 4.79 Å². The lowest BCUT2D eigenvalue weighted by molar-refractivity contribution is -0.121. The fourth-order valence-electron chi connectivity index (χ4n) is 2.24. The summed E-state index contributed by atoms with van der Waals surface area (Å²) in [4.78, 5) is 13.8. The summed E-state index contributed by atoms with van der Waals surface area (Å²) >= 11 is 0. The van der Waals surface area contributed by atoms with Gasteiger partial charge in [-0.25, -0.2) is 0 Å². The number of likely N-dealkylation sites (tertiary alicyclic amines) is 1. The number of carbonyl (C=O) groups is 1. The molecule has 1 N–H and O–H groups in total. The molecule has 0 atom stereocenters. The minimum Gasteiger partial charge on any atom is -0.353 e. The van der Waals surface area contributed by atoms with Crippen molar-refractivity contribution in [1.29, 1.82) is 0 Å². The molecule has 1 saturated heterocycles. The Bertz CT molecular complexity index is 225. The maximum absolute atomic E-state index is 11.3. The molecule has 3 heteroatoms. The number of piperidine rings is 1. The summed E-state index contributed by atoms with van der Waals surface area (Å²) in [6.45, 7) is 12.1. The van der Waals surface area contributed by atoms with E-state index in [9.17, 15) is 4.79 Å². The molecule has 0 radical (unpaired) electrons. The smallest absolute Gasteiger partial charge is 0.219 e. The van der Waals surface area contributed by atoms with E-state index in [-0.39, 0.29) is 5.91 Å². The SMILES string of the molecule is CCC(=O)NC1CCN(CC(C)(C)C)CC1. The van der Waals surface area contributed by atoms with E-state index < -0.39 is 0 Å². The van der Waals surface area contributed by atoms with Gasteiger partial charge < -0.3 is 10.2 Å². The third kappa shape index (κ3) is 4.97. The van der Waals surface area contributed by atoms with Gasteiger partial charge in [0, 0.05) is 32.1 Å². The van der Waals surface area contributed by atoms with E-state index in [2.05, 4.69) is 31.0 Å². The van der Waals surface area contributed by atoms with Gasteiger partial charge in [0.15, 0.2) is 0 Å². The number of amides is 1. The van der Waals surface area contributed by atoms with Crippen molar-refractivity contribution < 1.29 is 4.79 Å². The Labute approximate surface area is 99.6 Å². The Morgan fingerprint density at radius 2 is 1.88 bits per heavy atom. The van der Waals surface area contributed by atoms with Crippen LogP contribution < -0.4 is 5.32 Å². The van der Waals surface area contributed by atoms with Gasteiger partial charge in [-0.1, -0.05) is 27.7 Å². The number of nitrogens with one attached hydrogen (secondary N) is 1. The molecule has 16 heavy (non-hydrogen) atoms. The molecule has 0 bridgehead atoms. The van der Waals surface area contributed by atoms with Gasteiger partial charge in [0.2, 0.25) is 5.91 Å². The number of carbonyl (C=O) groups excluding carboxylic acids is 1. The molecule has 0 aromatic rings. The zero-order valence-electron chi connectivity index (χ0n) is 11.2.